The van der Waals surface area contributed by atoms with Crippen molar-refractivity contribution in [3.05, 3.63) is 29.8 Å². The molecule has 4 nitrogen and oxygen atoms in total. The van der Waals surface area contributed by atoms with E-state index in [0.29, 0.717) is 6.42 Å². The van der Waals surface area contributed by atoms with Gasteiger partial charge in [-0.05, 0) is 11.6 Å². The number of nitrogens with zero attached hydrogens (tertiary/aromatic N) is 1. The molecule has 4 heteroatoms. The average Bonchev–Trinajstić information content (AvgIpc) is 2.56. The minimum absolute atomic E-state index is 0.499. The number of hydroxylamine groups is 1. The minimum Gasteiger partial charge on any atom is -0.480 e. The van der Waals surface area contributed by atoms with Gasteiger partial charge in [-0.1, -0.05) is 18.2 Å². The Morgan fingerprint density at radius 3 is 2.93 bits per heavy atom. The summed E-state index contributed by atoms with van der Waals surface area (Å²) in [7, 11) is 1.48. The van der Waals surface area contributed by atoms with E-state index in [9.17, 15) is 4.79 Å². The molecule has 0 fully saturated rings. The van der Waals surface area contributed by atoms with Crippen molar-refractivity contribution in [3.8, 4) is 0 Å². The van der Waals surface area contributed by atoms with Crippen LogP contribution >= 0.6 is 0 Å². The molecule has 0 saturated carbocycles. The van der Waals surface area contributed by atoms with Gasteiger partial charge >= 0.3 is 5.97 Å². The van der Waals surface area contributed by atoms with Gasteiger partial charge in [0.25, 0.3) is 0 Å². The van der Waals surface area contributed by atoms with E-state index in [1.807, 2.05) is 24.3 Å². The van der Waals surface area contributed by atoms with E-state index >= 15 is 0 Å². The lowest BCUT2D eigenvalue weighted by Crippen LogP contribution is -2.37. The van der Waals surface area contributed by atoms with Gasteiger partial charge in [-0.25, -0.2) is 9.86 Å². The van der Waals surface area contributed by atoms with Crippen LogP contribution in [0.1, 0.15) is 5.56 Å². The van der Waals surface area contributed by atoms with E-state index in [2.05, 4.69) is 0 Å². The zero-order valence-corrected chi connectivity index (χ0v) is 7.80. The van der Waals surface area contributed by atoms with Crippen molar-refractivity contribution in [2.75, 3.05) is 12.2 Å². The van der Waals surface area contributed by atoms with Crippen molar-refractivity contribution in [2.45, 2.75) is 12.5 Å². The van der Waals surface area contributed by atoms with E-state index < -0.39 is 12.0 Å². The quantitative estimate of drug-likeness (QED) is 0.763. The highest BCUT2D eigenvalue weighted by molar-refractivity contribution is 5.81. The number of rotatable bonds is 2. The highest BCUT2D eigenvalue weighted by Gasteiger charge is 2.34. The second-order valence-electron chi connectivity index (χ2n) is 3.20. The zero-order valence-electron chi connectivity index (χ0n) is 7.80. The molecule has 1 unspecified atom stereocenters. The Labute approximate surface area is 81.7 Å². The molecule has 1 aliphatic heterocycles. The number of aliphatic carboxylic acids is 1. The van der Waals surface area contributed by atoms with Crippen LogP contribution in [0.4, 0.5) is 5.69 Å². The molecule has 0 spiro atoms. The van der Waals surface area contributed by atoms with Crippen LogP contribution in [-0.4, -0.2) is 24.2 Å². The van der Waals surface area contributed by atoms with Gasteiger partial charge in [0, 0.05) is 6.42 Å². The van der Waals surface area contributed by atoms with Crippen LogP contribution in [0, 0.1) is 0 Å². The molecule has 1 atom stereocenters. The van der Waals surface area contributed by atoms with Crippen molar-refractivity contribution >= 4 is 11.7 Å². The maximum atomic E-state index is 10.9. The van der Waals surface area contributed by atoms with Gasteiger partial charge < -0.3 is 5.11 Å². The number of fused-ring (bicyclic) bond motifs is 1. The maximum absolute atomic E-state index is 10.9. The van der Waals surface area contributed by atoms with E-state index in [1.54, 1.807) is 0 Å². The first kappa shape index (κ1) is 9.02. The van der Waals surface area contributed by atoms with Crippen LogP contribution in [0.25, 0.3) is 0 Å². The number of carboxylic acid groups (broad SMARTS) is 1. The minimum atomic E-state index is -0.858. The molecule has 1 aromatic rings. The number of anilines is 1. The number of carbonyl (C=O) groups is 1. The van der Waals surface area contributed by atoms with Gasteiger partial charge in [-0.2, -0.15) is 0 Å². The largest absolute Gasteiger partial charge is 0.480 e. The van der Waals surface area contributed by atoms with Crippen LogP contribution in [-0.2, 0) is 16.1 Å². The summed E-state index contributed by atoms with van der Waals surface area (Å²) in [5.41, 5.74) is 1.86. The highest BCUT2D eigenvalue weighted by atomic mass is 16.7. The first-order valence-electron chi connectivity index (χ1n) is 4.38. The predicted octanol–water partition coefficient (Wildman–Crippen LogP) is 1.06. The summed E-state index contributed by atoms with van der Waals surface area (Å²) in [5, 5.41) is 10.4. The van der Waals surface area contributed by atoms with E-state index in [4.69, 9.17) is 9.94 Å². The van der Waals surface area contributed by atoms with Gasteiger partial charge in [0.2, 0.25) is 0 Å². The molecule has 2 rings (SSSR count). The van der Waals surface area contributed by atoms with Gasteiger partial charge in [0.05, 0.1) is 12.8 Å². The fourth-order valence-electron chi connectivity index (χ4n) is 1.77. The molecule has 74 valence electrons. The molecule has 0 saturated heterocycles. The van der Waals surface area contributed by atoms with Gasteiger partial charge in [0.1, 0.15) is 0 Å². The van der Waals surface area contributed by atoms with E-state index in [0.717, 1.165) is 11.3 Å². The third-order valence-electron chi connectivity index (χ3n) is 2.41. The van der Waals surface area contributed by atoms with E-state index in [-0.39, 0.29) is 0 Å². The van der Waals surface area contributed by atoms with Gasteiger partial charge in [0.15, 0.2) is 6.04 Å². The molecule has 0 aromatic heterocycles. The van der Waals surface area contributed by atoms with Crippen LogP contribution in [0.3, 0.4) is 0 Å². The summed E-state index contributed by atoms with van der Waals surface area (Å²) < 4.78 is 0. The van der Waals surface area contributed by atoms with Gasteiger partial charge in [-0.3, -0.25) is 4.84 Å². The molecular weight excluding hydrogens is 182 g/mol. The number of carboxylic acids is 1. The lowest BCUT2D eigenvalue weighted by atomic mass is 10.1. The molecule has 0 amide bonds. The Bertz CT molecular complexity index is 364. The summed E-state index contributed by atoms with van der Waals surface area (Å²) in [4.78, 5) is 16.0. The number of hydrogen-bond acceptors (Lipinski definition) is 3. The van der Waals surface area contributed by atoms with Crippen LogP contribution < -0.4 is 5.06 Å². The fraction of sp³-hybridized carbons (Fsp3) is 0.300. The van der Waals surface area contributed by atoms with Crippen molar-refractivity contribution < 1.29 is 14.7 Å². The molecular formula is C10H11NO3. The Hall–Kier alpha value is -1.55. The van der Waals surface area contributed by atoms with Crippen molar-refractivity contribution in [2.24, 2.45) is 0 Å². The number of para-hydroxylation sites is 1. The Kier molecular flexibility index (Phi) is 2.13. The van der Waals surface area contributed by atoms with Gasteiger partial charge in [-0.15, -0.1) is 0 Å². The second kappa shape index (κ2) is 3.31. The van der Waals surface area contributed by atoms with Crippen molar-refractivity contribution in [1.82, 2.24) is 0 Å². The zero-order chi connectivity index (χ0) is 10.1. The standard InChI is InChI=1S/C10H11NO3/c1-14-11-8-5-3-2-4-7(8)6-9(11)10(12)13/h2-5,9H,6H2,1H3,(H,12,13). The maximum Gasteiger partial charge on any atom is 0.329 e. The first-order valence-corrected chi connectivity index (χ1v) is 4.38. The second-order valence-corrected chi connectivity index (χ2v) is 3.20. The smallest absolute Gasteiger partial charge is 0.329 e. The lowest BCUT2D eigenvalue weighted by Gasteiger charge is -2.20. The SMILES string of the molecule is CON1c2ccccc2CC1C(=O)O. The molecule has 1 heterocycles. The molecule has 0 bridgehead atoms. The predicted molar refractivity (Wildman–Crippen MR) is 51.1 cm³/mol. The van der Waals surface area contributed by atoms with Crippen molar-refractivity contribution in [1.29, 1.82) is 0 Å². The summed E-state index contributed by atoms with van der Waals surface area (Å²) in [6.45, 7) is 0. The number of benzene rings is 1. The monoisotopic (exact) mass is 193 g/mol. The van der Waals surface area contributed by atoms with Crippen LogP contribution in [0.5, 0.6) is 0 Å². The summed E-state index contributed by atoms with van der Waals surface area (Å²) in [6, 6.07) is 6.95. The molecule has 0 radical (unpaired) electrons. The molecule has 14 heavy (non-hydrogen) atoms. The van der Waals surface area contributed by atoms with Crippen molar-refractivity contribution in [3.63, 3.8) is 0 Å². The molecule has 1 N–H and O–H groups in total. The van der Waals surface area contributed by atoms with Crippen LogP contribution in [0.15, 0.2) is 24.3 Å². The topological polar surface area (TPSA) is 49.8 Å². The molecule has 1 aromatic carbocycles. The Morgan fingerprint density at radius 1 is 1.57 bits per heavy atom. The summed E-state index contributed by atoms with van der Waals surface area (Å²) in [6.07, 6.45) is 0.499. The molecule has 1 aliphatic rings. The lowest BCUT2D eigenvalue weighted by molar-refractivity contribution is -0.140. The summed E-state index contributed by atoms with van der Waals surface area (Å²) >= 11 is 0. The third kappa shape index (κ3) is 1.24. The summed E-state index contributed by atoms with van der Waals surface area (Å²) in [5.74, 6) is -0.858. The fourth-order valence-corrected chi connectivity index (χ4v) is 1.77. The van der Waals surface area contributed by atoms with E-state index in [1.165, 1.54) is 12.2 Å². The highest BCUT2D eigenvalue weighted by Crippen LogP contribution is 2.31. The Morgan fingerprint density at radius 2 is 2.29 bits per heavy atom. The third-order valence-corrected chi connectivity index (χ3v) is 2.41. The normalized spacial score (nSPS) is 19.5. The van der Waals surface area contributed by atoms with Crippen LogP contribution in [0.2, 0.25) is 0 Å². The Balaban J connectivity index is 2.38. The molecule has 0 aliphatic carbocycles. The average molecular weight is 193 g/mol. The number of hydrogen-bond donors (Lipinski definition) is 1. The first-order chi connectivity index (χ1) is 6.74.